The molecule has 158 valence electrons. The summed E-state index contributed by atoms with van der Waals surface area (Å²) in [5.74, 6) is 1.71. The molecule has 2 N–H and O–H groups in total. The summed E-state index contributed by atoms with van der Waals surface area (Å²) in [4.78, 5) is 2.35. The molecule has 1 atom stereocenters. The number of hydrogen-bond donors (Lipinski definition) is 1. The number of nitrogens with zero attached hydrogens (tertiary/aromatic N) is 1. The van der Waals surface area contributed by atoms with Crippen molar-refractivity contribution in [2.24, 2.45) is 5.73 Å². The summed E-state index contributed by atoms with van der Waals surface area (Å²) in [5.41, 5.74) is 9.21. The van der Waals surface area contributed by atoms with E-state index in [2.05, 4.69) is 43.0 Å². The van der Waals surface area contributed by atoms with Crippen molar-refractivity contribution in [3.05, 3.63) is 95.6 Å². The number of nitrogens with two attached hydrogens (primary N) is 1. The Labute approximate surface area is 180 Å². The molecular formula is C26H32N2O2. The average molecular weight is 405 g/mol. The summed E-state index contributed by atoms with van der Waals surface area (Å²) >= 11 is 0. The van der Waals surface area contributed by atoms with Crippen molar-refractivity contribution in [2.45, 2.75) is 33.1 Å². The van der Waals surface area contributed by atoms with E-state index < -0.39 is 0 Å². The minimum absolute atomic E-state index is 0.122. The first-order valence-corrected chi connectivity index (χ1v) is 10.6. The number of ether oxygens (including phenoxy) is 2. The van der Waals surface area contributed by atoms with E-state index >= 15 is 0 Å². The lowest BCUT2D eigenvalue weighted by Gasteiger charge is -2.30. The number of likely N-dealkylation sites (N-methyl/N-ethyl adjacent to an activating group) is 1. The lowest BCUT2D eigenvalue weighted by molar-refractivity contribution is 0.208. The molecule has 0 amide bonds. The van der Waals surface area contributed by atoms with Gasteiger partial charge in [-0.2, -0.15) is 0 Å². The molecule has 3 aromatic carbocycles. The second-order valence-corrected chi connectivity index (χ2v) is 7.31. The molecule has 0 saturated heterocycles. The predicted octanol–water partition coefficient (Wildman–Crippen LogP) is 5.19. The number of benzene rings is 3. The highest BCUT2D eigenvalue weighted by Crippen LogP contribution is 2.37. The molecule has 0 aromatic heterocycles. The highest BCUT2D eigenvalue weighted by Gasteiger charge is 2.22. The average Bonchev–Trinajstić information content (AvgIpc) is 2.80. The minimum atomic E-state index is 0.122. The zero-order valence-corrected chi connectivity index (χ0v) is 18.0. The van der Waals surface area contributed by atoms with Crippen molar-refractivity contribution in [3.63, 3.8) is 0 Å². The Bertz CT molecular complexity index is 822. The van der Waals surface area contributed by atoms with Gasteiger partial charge in [-0.15, -0.1) is 0 Å². The maximum Gasteiger partial charge on any atom is 0.128 e. The van der Waals surface area contributed by atoms with Crippen LogP contribution in [-0.4, -0.2) is 24.5 Å². The monoisotopic (exact) mass is 404 g/mol. The molecule has 4 heteroatoms. The van der Waals surface area contributed by atoms with Crippen molar-refractivity contribution in [2.75, 3.05) is 19.6 Å². The van der Waals surface area contributed by atoms with Gasteiger partial charge in [-0.25, -0.2) is 0 Å². The molecule has 0 radical (unpaired) electrons. The Morgan fingerprint density at radius 3 is 1.70 bits per heavy atom. The highest BCUT2D eigenvalue weighted by atomic mass is 16.5. The first kappa shape index (κ1) is 21.9. The van der Waals surface area contributed by atoms with E-state index in [4.69, 9.17) is 15.2 Å². The van der Waals surface area contributed by atoms with Gasteiger partial charge in [0, 0.05) is 19.1 Å². The SMILES string of the molecule is CCN(CCN)C(C)c1c(OCc2ccccc2)cccc1OCc1ccccc1. The lowest BCUT2D eigenvalue weighted by atomic mass is 10.0. The summed E-state index contributed by atoms with van der Waals surface area (Å²) in [6, 6.07) is 26.6. The molecular weight excluding hydrogens is 372 g/mol. The van der Waals surface area contributed by atoms with Crippen LogP contribution >= 0.6 is 0 Å². The van der Waals surface area contributed by atoms with E-state index in [0.717, 1.165) is 41.3 Å². The van der Waals surface area contributed by atoms with E-state index in [1.807, 2.05) is 54.6 Å². The van der Waals surface area contributed by atoms with Crippen LogP contribution in [0, 0.1) is 0 Å². The molecule has 0 spiro atoms. The molecule has 4 nitrogen and oxygen atoms in total. The second-order valence-electron chi connectivity index (χ2n) is 7.31. The van der Waals surface area contributed by atoms with E-state index in [9.17, 15) is 0 Å². The Kier molecular flexibility index (Phi) is 8.30. The smallest absolute Gasteiger partial charge is 0.128 e. The topological polar surface area (TPSA) is 47.7 Å². The summed E-state index contributed by atoms with van der Waals surface area (Å²) < 4.78 is 12.5. The van der Waals surface area contributed by atoms with Crippen LogP contribution in [0.4, 0.5) is 0 Å². The van der Waals surface area contributed by atoms with Crippen molar-refractivity contribution >= 4 is 0 Å². The third-order valence-corrected chi connectivity index (χ3v) is 5.29. The predicted molar refractivity (Wildman–Crippen MR) is 123 cm³/mol. The molecule has 0 bridgehead atoms. The van der Waals surface area contributed by atoms with Gasteiger partial charge in [0.05, 0.1) is 5.56 Å². The first-order valence-electron chi connectivity index (χ1n) is 10.6. The molecule has 1 unspecified atom stereocenters. The summed E-state index contributed by atoms with van der Waals surface area (Å²) in [5, 5.41) is 0. The normalized spacial score (nSPS) is 12.0. The van der Waals surface area contributed by atoms with E-state index in [0.29, 0.717) is 19.8 Å². The third kappa shape index (κ3) is 5.85. The van der Waals surface area contributed by atoms with Crippen molar-refractivity contribution < 1.29 is 9.47 Å². The molecule has 0 saturated carbocycles. The summed E-state index contributed by atoms with van der Waals surface area (Å²) in [6.45, 7) is 7.73. The van der Waals surface area contributed by atoms with Crippen molar-refractivity contribution in [1.29, 1.82) is 0 Å². The van der Waals surface area contributed by atoms with Crippen LogP contribution in [0.2, 0.25) is 0 Å². The molecule has 0 aliphatic carbocycles. The maximum absolute atomic E-state index is 6.27. The van der Waals surface area contributed by atoms with Crippen LogP contribution in [0.1, 0.15) is 36.6 Å². The van der Waals surface area contributed by atoms with Gasteiger partial charge in [0.15, 0.2) is 0 Å². The number of hydrogen-bond acceptors (Lipinski definition) is 4. The van der Waals surface area contributed by atoms with Gasteiger partial charge in [-0.3, -0.25) is 4.90 Å². The minimum Gasteiger partial charge on any atom is -0.488 e. The van der Waals surface area contributed by atoms with Gasteiger partial charge in [-0.05, 0) is 36.7 Å². The first-order chi connectivity index (χ1) is 14.7. The Morgan fingerprint density at radius 1 is 0.767 bits per heavy atom. The quantitative estimate of drug-likeness (QED) is 0.478. The van der Waals surface area contributed by atoms with E-state index in [-0.39, 0.29) is 6.04 Å². The van der Waals surface area contributed by atoms with Crippen molar-refractivity contribution in [1.82, 2.24) is 4.90 Å². The highest BCUT2D eigenvalue weighted by molar-refractivity contribution is 5.47. The van der Waals surface area contributed by atoms with Crippen LogP contribution in [0.5, 0.6) is 11.5 Å². The fourth-order valence-corrected chi connectivity index (χ4v) is 3.63. The standard InChI is InChI=1S/C26H32N2O2/c1-3-28(18-17-27)21(2)26-24(29-19-22-11-6-4-7-12-22)15-10-16-25(26)30-20-23-13-8-5-9-14-23/h4-16,21H,3,17-20,27H2,1-2H3. The molecule has 0 aliphatic rings. The van der Waals surface area contributed by atoms with Crippen LogP contribution < -0.4 is 15.2 Å². The van der Waals surface area contributed by atoms with Crippen LogP contribution in [0.15, 0.2) is 78.9 Å². The van der Waals surface area contributed by atoms with Crippen molar-refractivity contribution in [3.8, 4) is 11.5 Å². The molecule has 0 heterocycles. The van der Waals surface area contributed by atoms with Gasteiger partial charge in [0.1, 0.15) is 24.7 Å². The van der Waals surface area contributed by atoms with E-state index in [1.54, 1.807) is 0 Å². The van der Waals surface area contributed by atoms with Crippen LogP contribution in [0.25, 0.3) is 0 Å². The van der Waals surface area contributed by atoms with Gasteiger partial charge in [0.25, 0.3) is 0 Å². The molecule has 3 rings (SSSR count). The van der Waals surface area contributed by atoms with Gasteiger partial charge in [0.2, 0.25) is 0 Å². The Morgan fingerprint density at radius 2 is 1.27 bits per heavy atom. The summed E-state index contributed by atoms with van der Waals surface area (Å²) in [6.07, 6.45) is 0. The van der Waals surface area contributed by atoms with Gasteiger partial charge >= 0.3 is 0 Å². The lowest BCUT2D eigenvalue weighted by Crippen LogP contribution is -2.32. The number of rotatable bonds is 11. The summed E-state index contributed by atoms with van der Waals surface area (Å²) in [7, 11) is 0. The largest absolute Gasteiger partial charge is 0.488 e. The Balaban J connectivity index is 1.87. The van der Waals surface area contributed by atoms with Crippen LogP contribution in [0.3, 0.4) is 0 Å². The third-order valence-electron chi connectivity index (χ3n) is 5.29. The van der Waals surface area contributed by atoms with Gasteiger partial charge < -0.3 is 15.2 Å². The zero-order chi connectivity index (χ0) is 21.2. The van der Waals surface area contributed by atoms with Gasteiger partial charge in [-0.1, -0.05) is 73.7 Å². The van der Waals surface area contributed by atoms with E-state index in [1.165, 1.54) is 0 Å². The maximum atomic E-state index is 6.27. The fraction of sp³-hybridized carbons (Fsp3) is 0.308. The fourth-order valence-electron chi connectivity index (χ4n) is 3.63. The Hall–Kier alpha value is -2.82. The molecule has 0 fully saturated rings. The molecule has 3 aromatic rings. The zero-order valence-electron chi connectivity index (χ0n) is 18.0. The van der Waals surface area contributed by atoms with Crippen LogP contribution in [-0.2, 0) is 13.2 Å². The second kappa shape index (κ2) is 11.4. The molecule has 30 heavy (non-hydrogen) atoms. The molecule has 0 aliphatic heterocycles.